The molecule has 15 heavy (non-hydrogen) atoms. The van der Waals surface area contributed by atoms with Crippen LogP contribution >= 0.6 is 0 Å². The smallest absolute Gasteiger partial charge is 0.132 e. The average Bonchev–Trinajstić information content (AvgIpc) is 2.76. The molecule has 0 spiro atoms. The summed E-state index contributed by atoms with van der Waals surface area (Å²) < 4.78 is 0. The highest BCUT2D eigenvalue weighted by Crippen LogP contribution is 2.05. The number of rotatable bonds is 4. The van der Waals surface area contributed by atoms with Crippen LogP contribution in [0.15, 0.2) is 36.5 Å². The minimum atomic E-state index is -0.0225. The number of imidazole rings is 1. The van der Waals surface area contributed by atoms with Gasteiger partial charge >= 0.3 is 0 Å². The molecule has 0 aliphatic rings. The first kappa shape index (κ1) is 9.93. The summed E-state index contributed by atoms with van der Waals surface area (Å²) in [5, 5.41) is 8.84. The van der Waals surface area contributed by atoms with Gasteiger partial charge in [0.05, 0.1) is 0 Å². The van der Waals surface area contributed by atoms with E-state index in [0.717, 1.165) is 18.5 Å². The maximum Gasteiger partial charge on any atom is 0.132 e. The standard InChI is InChI=1S/C12H14N2O/c15-9-12-13-8-11(14-12)7-6-10-4-2-1-3-5-10/h1-5,8,15H,6-7,9H2,(H,13,14). The van der Waals surface area contributed by atoms with Gasteiger partial charge in [-0.1, -0.05) is 30.3 Å². The summed E-state index contributed by atoms with van der Waals surface area (Å²) in [6.07, 6.45) is 3.71. The van der Waals surface area contributed by atoms with Gasteiger partial charge in [-0.05, 0) is 18.4 Å². The fourth-order valence-corrected chi connectivity index (χ4v) is 1.54. The molecule has 3 nitrogen and oxygen atoms in total. The van der Waals surface area contributed by atoms with Crippen molar-refractivity contribution in [1.29, 1.82) is 0 Å². The summed E-state index contributed by atoms with van der Waals surface area (Å²) in [4.78, 5) is 7.11. The summed E-state index contributed by atoms with van der Waals surface area (Å²) >= 11 is 0. The van der Waals surface area contributed by atoms with Gasteiger partial charge in [0.25, 0.3) is 0 Å². The Morgan fingerprint density at radius 2 is 1.93 bits per heavy atom. The van der Waals surface area contributed by atoms with E-state index in [9.17, 15) is 0 Å². The van der Waals surface area contributed by atoms with E-state index >= 15 is 0 Å². The minimum Gasteiger partial charge on any atom is -0.388 e. The molecule has 0 bridgehead atoms. The third kappa shape index (κ3) is 2.67. The number of nitrogens with zero attached hydrogens (tertiary/aromatic N) is 1. The molecule has 0 saturated carbocycles. The van der Waals surface area contributed by atoms with Gasteiger partial charge in [0.1, 0.15) is 12.4 Å². The minimum absolute atomic E-state index is 0.0225. The fourth-order valence-electron chi connectivity index (χ4n) is 1.54. The third-order valence-electron chi connectivity index (χ3n) is 2.36. The quantitative estimate of drug-likeness (QED) is 0.792. The number of nitrogens with one attached hydrogen (secondary N) is 1. The molecule has 1 aromatic carbocycles. The van der Waals surface area contributed by atoms with Gasteiger partial charge in [0.2, 0.25) is 0 Å². The van der Waals surface area contributed by atoms with Crippen LogP contribution in [0.1, 0.15) is 17.1 Å². The van der Waals surface area contributed by atoms with Crippen molar-refractivity contribution in [2.45, 2.75) is 19.4 Å². The van der Waals surface area contributed by atoms with Crippen LogP contribution in [0.2, 0.25) is 0 Å². The Hall–Kier alpha value is -1.61. The Labute approximate surface area is 88.8 Å². The predicted octanol–water partition coefficient (Wildman–Crippen LogP) is 1.69. The van der Waals surface area contributed by atoms with Crippen molar-refractivity contribution in [1.82, 2.24) is 9.97 Å². The largest absolute Gasteiger partial charge is 0.388 e. The number of aromatic amines is 1. The van der Waals surface area contributed by atoms with E-state index in [1.807, 2.05) is 18.2 Å². The molecular weight excluding hydrogens is 188 g/mol. The summed E-state index contributed by atoms with van der Waals surface area (Å²) in [6.45, 7) is -0.0225. The number of aliphatic hydroxyl groups excluding tert-OH is 1. The van der Waals surface area contributed by atoms with Crippen LogP contribution in [0.3, 0.4) is 0 Å². The molecule has 0 atom stereocenters. The lowest BCUT2D eigenvalue weighted by atomic mass is 10.1. The van der Waals surface area contributed by atoms with Gasteiger partial charge in [0, 0.05) is 11.9 Å². The van der Waals surface area contributed by atoms with Crippen molar-refractivity contribution in [3.05, 3.63) is 53.6 Å². The topological polar surface area (TPSA) is 48.9 Å². The molecule has 1 aromatic heterocycles. The van der Waals surface area contributed by atoms with E-state index in [2.05, 4.69) is 22.1 Å². The second kappa shape index (κ2) is 4.75. The maximum atomic E-state index is 8.84. The number of hydrogen-bond acceptors (Lipinski definition) is 2. The molecule has 2 rings (SSSR count). The molecular formula is C12H14N2O. The average molecular weight is 202 g/mol. The number of aliphatic hydroxyl groups is 1. The van der Waals surface area contributed by atoms with Gasteiger partial charge in [-0.15, -0.1) is 0 Å². The first-order valence-electron chi connectivity index (χ1n) is 5.06. The summed E-state index contributed by atoms with van der Waals surface area (Å²) in [7, 11) is 0. The van der Waals surface area contributed by atoms with Crippen LogP contribution in [0.4, 0.5) is 0 Å². The molecule has 78 valence electrons. The molecule has 0 aliphatic carbocycles. The highest BCUT2D eigenvalue weighted by atomic mass is 16.3. The van der Waals surface area contributed by atoms with Crippen molar-refractivity contribution in [2.75, 3.05) is 0 Å². The fraction of sp³-hybridized carbons (Fsp3) is 0.250. The van der Waals surface area contributed by atoms with Gasteiger partial charge in [-0.3, -0.25) is 0 Å². The van der Waals surface area contributed by atoms with E-state index in [4.69, 9.17) is 5.11 Å². The van der Waals surface area contributed by atoms with E-state index in [0.29, 0.717) is 5.82 Å². The SMILES string of the molecule is OCc1ncc(CCc2ccccc2)[nH]1. The zero-order valence-corrected chi connectivity index (χ0v) is 8.48. The number of aryl methyl sites for hydroxylation is 2. The lowest BCUT2D eigenvalue weighted by molar-refractivity contribution is 0.272. The molecule has 1 heterocycles. The zero-order valence-electron chi connectivity index (χ0n) is 8.48. The molecule has 0 aliphatic heterocycles. The molecule has 3 heteroatoms. The second-order valence-electron chi connectivity index (χ2n) is 3.50. The Balaban J connectivity index is 1.93. The normalized spacial score (nSPS) is 10.5. The van der Waals surface area contributed by atoms with Crippen LogP contribution in [0, 0.1) is 0 Å². The first-order valence-corrected chi connectivity index (χ1v) is 5.06. The van der Waals surface area contributed by atoms with Crippen LogP contribution < -0.4 is 0 Å². The molecule has 0 saturated heterocycles. The molecule has 2 N–H and O–H groups in total. The summed E-state index contributed by atoms with van der Waals surface area (Å²) in [6, 6.07) is 10.3. The van der Waals surface area contributed by atoms with Crippen LogP contribution in [-0.2, 0) is 19.4 Å². The Kier molecular flexibility index (Phi) is 3.15. The molecule has 0 unspecified atom stereocenters. The van der Waals surface area contributed by atoms with Gasteiger partial charge in [0.15, 0.2) is 0 Å². The van der Waals surface area contributed by atoms with Crippen LogP contribution in [0.25, 0.3) is 0 Å². The van der Waals surface area contributed by atoms with E-state index < -0.39 is 0 Å². The highest BCUT2D eigenvalue weighted by Gasteiger charge is 1.99. The van der Waals surface area contributed by atoms with Crippen molar-refractivity contribution >= 4 is 0 Å². The van der Waals surface area contributed by atoms with Crippen molar-refractivity contribution in [2.24, 2.45) is 0 Å². The van der Waals surface area contributed by atoms with Crippen molar-refractivity contribution in [3.63, 3.8) is 0 Å². The Morgan fingerprint density at radius 3 is 2.60 bits per heavy atom. The lowest BCUT2D eigenvalue weighted by Crippen LogP contribution is -1.92. The number of benzene rings is 1. The maximum absolute atomic E-state index is 8.84. The monoisotopic (exact) mass is 202 g/mol. The Bertz CT molecular complexity index is 409. The van der Waals surface area contributed by atoms with Crippen LogP contribution in [-0.4, -0.2) is 15.1 Å². The summed E-state index contributed by atoms with van der Waals surface area (Å²) in [5.74, 6) is 0.637. The van der Waals surface area contributed by atoms with E-state index in [1.54, 1.807) is 6.20 Å². The molecule has 0 amide bonds. The zero-order chi connectivity index (χ0) is 10.5. The van der Waals surface area contributed by atoms with E-state index in [-0.39, 0.29) is 6.61 Å². The van der Waals surface area contributed by atoms with Crippen molar-refractivity contribution in [3.8, 4) is 0 Å². The highest BCUT2D eigenvalue weighted by molar-refractivity contribution is 5.16. The van der Waals surface area contributed by atoms with Gasteiger partial charge < -0.3 is 10.1 Å². The number of aromatic nitrogens is 2. The third-order valence-corrected chi connectivity index (χ3v) is 2.36. The second-order valence-corrected chi connectivity index (χ2v) is 3.50. The van der Waals surface area contributed by atoms with Crippen molar-refractivity contribution < 1.29 is 5.11 Å². The number of H-pyrrole nitrogens is 1. The van der Waals surface area contributed by atoms with E-state index in [1.165, 1.54) is 5.56 Å². The van der Waals surface area contributed by atoms with Gasteiger partial charge in [-0.2, -0.15) is 0 Å². The van der Waals surface area contributed by atoms with Crippen LogP contribution in [0.5, 0.6) is 0 Å². The van der Waals surface area contributed by atoms with Gasteiger partial charge in [-0.25, -0.2) is 4.98 Å². The predicted molar refractivity (Wildman–Crippen MR) is 58.4 cm³/mol. The lowest BCUT2D eigenvalue weighted by Gasteiger charge is -1.98. The molecule has 2 aromatic rings. The first-order chi connectivity index (χ1) is 7.38. The molecule has 0 fully saturated rings. The molecule has 0 radical (unpaired) electrons. The number of hydrogen-bond donors (Lipinski definition) is 2. The summed E-state index contributed by atoms with van der Waals surface area (Å²) in [5.41, 5.74) is 2.39. The Morgan fingerprint density at radius 1 is 1.13 bits per heavy atom.